The first kappa shape index (κ1) is 12.7. The topological polar surface area (TPSA) is 28.4 Å². The van der Waals surface area contributed by atoms with Crippen LogP contribution >= 0.6 is 0 Å². The summed E-state index contributed by atoms with van der Waals surface area (Å²) in [6.45, 7) is 6.50. The average molecular weight is 258 g/mol. The Kier molecular flexibility index (Phi) is 3.85. The number of furan rings is 1. The summed E-state index contributed by atoms with van der Waals surface area (Å²) in [6, 6.07) is 9.08. The van der Waals surface area contributed by atoms with Crippen molar-refractivity contribution >= 4 is 11.0 Å². The first-order chi connectivity index (χ1) is 9.38. The first-order valence-electron chi connectivity index (χ1n) is 7.28. The molecule has 1 aromatic heterocycles. The SMILES string of the molecule is CCN(CCNCc1coc2ccccc12)C1CC1. The number of fused-ring (bicyclic) bond motifs is 1. The third kappa shape index (κ3) is 2.99. The van der Waals surface area contributed by atoms with E-state index < -0.39 is 0 Å². The summed E-state index contributed by atoms with van der Waals surface area (Å²) in [5, 5.41) is 4.75. The van der Waals surface area contributed by atoms with Gasteiger partial charge in [0.25, 0.3) is 0 Å². The van der Waals surface area contributed by atoms with Crippen LogP contribution < -0.4 is 5.32 Å². The third-order valence-electron chi connectivity index (χ3n) is 3.92. The molecule has 1 N–H and O–H groups in total. The quantitative estimate of drug-likeness (QED) is 0.774. The number of nitrogens with zero attached hydrogens (tertiary/aromatic N) is 1. The minimum atomic E-state index is 0.863. The van der Waals surface area contributed by atoms with Crippen LogP contribution in [0.1, 0.15) is 25.3 Å². The number of likely N-dealkylation sites (N-methyl/N-ethyl adjacent to an activating group) is 1. The second kappa shape index (κ2) is 5.76. The van der Waals surface area contributed by atoms with Crippen LogP contribution in [-0.2, 0) is 6.54 Å². The largest absolute Gasteiger partial charge is 0.464 e. The van der Waals surface area contributed by atoms with E-state index in [0.717, 1.165) is 31.3 Å². The van der Waals surface area contributed by atoms with E-state index in [0.29, 0.717) is 0 Å². The number of hydrogen-bond donors (Lipinski definition) is 1. The highest BCUT2D eigenvalue weighted by atomic mass is 16.3. The summed E-state index contributed by atoms with van der Waals surface area (Å²) in [7, 11) is 0. The van der Waals surface area contributed by atoms with Gasteiger partial charge in [0.05, 0.1) is 6.26 Å². The first-order valence-corrected chi connectivity index (χ1v) is 7.28. The molecule has 0 spiro atoms. The van der Waals surface area contributed by atoms with E-state index in [2.05, 4.69) is 29.3 Å². The molecule has 3 rings (SSSR count). The van der Waals surface area contributed by atoms with Crippen LogP contribution in [0.25, 0.3) is 11.0 Å². The van der Waals surface area contributed by atoms with Gasteiger partial charge in [-0.1, -0.05) is 25.1 Å². The zero-order valence-electron chi connectivity index (χ0n) is 11.6. The van der Waals surface area contributed by atoms with Crippen LogP contribution in [0.4, 0.5) is 0 Å². The summed E-state index contributed by atoms with van der Waals surface area (Å²) >= 11 is 0. The molecule has 0 amide bonds. The molecule has 0 aliphatic heterocycles. The van der Waals surface area contributed by atoms with Crippen molar-refractivity contribution in [1.29, 1.82) is 0 Å². The molecule has 3 heteroatoms. The fourth-order valence-corrected chi connectivity index (χ4v) is 2.65. The van der Waals surface area contributed by atoms with Gasteiger partial charge < -0.3 is 9.73 Å². The summed E-state index contributed by atoms with van der Waals surface area (Å²) in [5.74, 6) is 0. The lowest BCUT2D eigenvalue weighted by atomic mass is 10.2. The third-order valence-corrected chi connectivity index (χ3v) is 3.92. The maximum absolute atomic E-state index is 5.55. The lowest BCUT2D eigenvalue weighted by Gasteiger charge is -2.19. The van der Waals surface area contributed by atoms with Crippen LogP contribution in [0.3, 0.4) is 0 Å². The van der Waals surface area contributed by atoms with Crippen molar-refractivity contribution in [3.05, 3.63) is 36.1 Å². The molecule has 0 atom stereocenters. The number of hydrogen-bond acceptors (Lipinski definition) is 3. The molecule has 2 aromatic rings. The van der Waals surface area contributed by atoms with E-state index in [1.807, 2.05) is 18.4 Å². The highest BCUT2D eigenvalue weighted by Crippen LogP contribution is 2.26. The van der Waals surface area contributed by atoms with Gasteiger partial charge in [-0.05, 0) is 25.5 Å². The highest BCUT2D eigenvalue weighted by Gasteiger charge is 2.26. The van der Waals surface area contributed by atoms with Crippen molar-refractivity contribution < 1.29 is 4.42 Å². The predicted molar refractivity (Wildman–Crippen MR) is 78.2 cm³/mol. The van der Waals surface area contributed by atoms with Gasteiger partial charge in [-0.15, -0.1) is 0 Å². The summed E-state index contributed by atoms with van der Waals surface area (Å²) in [4.78, 5) is 2.57. The maximum Gasteiger partial charge on any atom is 0.134 e. The molecule has 0 radical (unpaired) electrons. The van der Waals surface area contributed by atoms with Gasteiger partial charge in [-0.25, -0.2) is 0 Å². The monoisotopic (exact) mass is 258 g/mol. The van der Waals surface area contributed by atoms with Gasteiger partial charge in [0.15, 0.2) is 0 Å². The van der Waals surface area contributed by atoms with Crippen LogP contribution in [0.2, 0.25) is 0 Å². The molecule has 19 heavy (non-hydrogen) atoms. The minimum Gasteiger partial charge on any atom is -0.464 e. The van der Waals surface area contributed by atoms with Gasteiger partial charge in [0.1, 0.15) is 5.58 Å². The highest BCUT2D eigenvalue weighted by molar-refractivity contribution is 5.80. The molecule has 1 aliphatic rings. The van der Waals surface area contributed by atoms with Crippen LogP contribution in [0.5, 0.6) is 0 Å². The Hall–Kier alpha value is -1.32. The molecule has 1 fully saturated rings. The fraction of sp³-hybridized carbons (Fsp3) is 0.500. The molecule has 0 saturated heterocycles. The van der Waals surface area contributed by atoms with Crippen molar-refractivity contribution in [2.75, 3.05) is 19.6 Å². The maximum atomic E-state index is 5.55. The van der Waals surface area contributed by atoms with Crippen LogP contribution in [0, 0.1) is 0 Å². The summed E-state index contributed by atoms with van der Waals surface area (Å²) in [6.07, 6.45) is 4.65. The zero-order valence-corrected chi connectivity index (χ0v) is 11.6. The van der Waals surface area contributed by atoms with Gasteiger partial charge in [-0.3, -0.25) is 4.90 Å². The molecular weight excluding hydrogens is 236 g/mol. The van der Waals surface area contributed by atoms with Crippen molar-refractivity contribution in [3.63, 3.8) is 0 Å². The fourth-order valence-electron chi connectivity index (χ4n) is 2.65. The van der Waals surface area contributed by atoms with E-state index in [4.69, 9.17) is 4.42 Å². The second-order valence-corrected chi connectivity index (χ2v) is 5.29. The Morgan fingerprint density at radius 3 is 2.95 bits per heavy atom. The van der Waals surface area contributed by atoms with Crippen molar-refractivity contribution in [1.82, 2.24) is 10.2 Å². The molecule has 0 unspecified atom stereocenters. The van der Waals surface area contributed by atoms with Crippen molar-refractivity contribution in [2.24, 2.45) is 0 Å². The summed E-state index contributed by atoms with van der Waals surface area (Å²) in [5.41, 5.74) is 2.23. The van der Waals surface area contributed by atoms with E-state index in [-0.39, 0.29) is 0 Å². The lowest BCUT2D eigenvalue weighted by Crippen LogP contribution is -2.33. The molecule has 3 nitrogen and oxygen atoms in total. The van der Waals surface area contributed by atoms with E-state index in [1.54, 1.807) is 0 Å². The summed E-state index contributed by atoms with van der Waals surface area (Å²) < 4.78 is 5.55. The van der Waals surface area contributed by atoms with Gasteiger partial charge in [0.2, 0.25) is 0 Å². The minimum absolute atomic E-state index is 0.863. The van der Waals surface area contributed by atoms with Gasteiger partial charge in [-0.2, -0.15) is 0 Å². The predicted octanol–water partition coefficient (Wildman–Crippen LogP) is 3.01. The smallest absolute Gasteiger partial charge is 0.134 e. The molecule has 102 valence electrons. The molecular formula is C16H22N2O. The van der Waals surface area contributed by atoms with Gasteiger partial charge in [0, 0.05) is 36.6 Å². The van der Waals surface area contributed by atoms with Crippen molar-refractivity contribution in [2.45, 2.75) is 32.4 Å². The van der Waals surface area contributed by atoms with Crippen LogP contribution in [0.15, 0.2) is 34.9 Å². The molecule has 1 saturated carbocycles. The lowest BCUT2D eigenvalue weighted by molar-refractivity contribution is 0.277. The van der Waals surface area contributed by atoms with E-state index >= 15 is 0 Å². The van der Waals surface area contributed by atoms with E-state index in [1.165, 1.54) is 30.3 Å². The molecule has 1 aliphatic carbocycles. The Balaban J connectivity index is 1.49. The molecule has 1 aromatic carbocycles. The normalized spacial score (nSPS) is 15.5. The zero-order chi connectivity index (χ0) is 13.1. The molecule has 0 bridgehead atoms. The molecule has 1 heterocycles. The number of nitrogens with one attached hydrogen (secondary N) is 1. The Morgan fingerprint density at radius 1 is 1.32 bits per heavy atom. The van der Waals surface area contributed by atoms with Crippen molar-refractivity contribution in [3.8, 4) is 0 Å². The Bertz CT molecular complexity index is 530. The van der Waals surface area contributed by atoms with Gasteiger partial charge >= 0.3 is 0 Å². The Morgan fingerprint density at radius 2 is 2.16 bits per heavy atom. The Labute approximate surface area is 114 Å². The van der Waals surface area contributed by atoms with Crippen LogP contribution in [-0.4, -0.2) is 30.6 Å². The average Bonchev–Trinajstić information content (AvgIpc) is 3.20. The van der Waals surface area contributed by atoms with E-state index in [9.17, 15) is 0 Å². The number of para-hydroxylation sites is 1. The standard InChI is InChI=1S/C16H22N2O/c1-2-18(14-7-8-14)10-9-17-11-13-12-19-16-6-4-3-5-15(13)16/h3-6,12,14,17H,2,7-11H2,1H3. The number of benzene rings is 1. The second-order valence-electron chi connectivity index (χ2n) is 5.29. The number of rotatable bonds is 7.